The number of hydrogen-bond donors (Lipinski definition) is 0. The van der Waals surface area contributed by atoms with Gasteiger partial charge >= 0.3 is 5.97 Å². The Hall–Kier alpha value is -1.96. The molecule has 0 aromatic heterocycles. The van der Waals surface area contributed by atoms with Crippen molar-refractivity contribution < 1.29 is 22.3 Å². The van der Waals surface area contributed by atoms with Crippen LogP contribution in [0.4, 0.5) is 4.39 Å². The van der Waals surface area contributed by atoms with E-state index in [-0.39, 0.29) is 4.90 Å². The molecule has 0 bridgehead atoms. The summed E-state index contributed by atoms with van der Waals surface area (Å²) in [4.78, 5) is 11.9. The lowest BCUT2D eigenvalue weighted by Gasteiger charge is -2.19. The van der Waals surface area contributed by atoms with Crippen molar-refractivity contribution in [3.63, 3.8) is 0 Å². The van der Waals surface area contributed by atoms with Crippen LogP contribution in [0.1, 0.15) is 18.6 Å². The highest BCUT2D eigenvalue weighted by atomic mass is 35.5. The van der Waals surface area contributed by atoms with Crippen molar-refractivity contribution in [1.82, 2.24) is 4.31 Å². The van der Waals surface area contributed by atoms with Crippen LogP contribution >= 0.6 is 11.6 Å². The first-order chi connectivity index (χ1) is 11.7. The van der Waals surface area contributed by atoms with Crippen LogP contribution < -0.4 is 0 Å². The van der Waals surface area contributed by atoms with E-state index >= 15 is 0 Å². The molecule has 0 radical (unpaired) electrons. The number of carbonyl (C=O) groups is 1. The molecule has 8 heteroatoms. The number of benzene rings is 2. The van der Waals surface area contributed by atoms with Crippen molar-refractivity contribution in [3.05, 3.63) is 64.9 Å². The molecule has 0 unspecified atom stereocenters. The molecule has 0 saturated carbocycles. The standard InChI is InChI=1S/C17H17ClFNO4S/c1-12(15-5-3-4-6-16(15)18)24-17(21)11-20(2)25(22,23)14-9-7-13(19)8-10-14/h3-10,12H,11H2,1-2H3/t12-/m0/s1. The van der Waals surface area contributed by atoms with Gasteiger partial charge in [-0.1, -0.05) is 29.8 Å². The molecule has 0 saturated heterocycles. The third kappa shape index (κ3) is 4.78. The zero-order chi connectivity index (χ0) is 18.6. The Morgan fingerprint density at radius 3 is 2.40 bits per heavy atom. The fourth-order valence-corrected chi connectivity index (χ4v) is 3.56. The van der Waals surface area contributed by atoms with Crippen LogP contribution in [0.25, 0.3) is 0 Å². The number of ether oxygens (including phenoxy) is 1. The monoisotopic (exact) mass is 385 g/mol. The van der Waals surface area contributed by atoms with Crippen LogP contribution in [0.15, 0.2) is 53.4 Å². The summed E-state index contributed by atoms with van der Waals surface area (Å²) in [5.41, 5.74) is 0.626. The molecule has 0 aliphatic carbocycles. The van der Waals surface area contributed by atoms with Gasteiger partial charge in [-0.15, -0.1) is 0 Å². The summed E-state index contributed by atoms with van der Waals surface area (Å²) in [7, 11) is -2.67. The van der Waals surface area contributed by atoms with Gasteiger partial charge in [0.05, 0.1) is 4.90 Å². The molecule has 0 aliphatic heterocycles. The summed E-state index contributed by atoms with van der Waals surface area (Å²) in [6, 6.07) is 11.3. The topological polar surface area (TPSA) is 63.7 Å². The van der Waals surface area contributed by atoms with Crippen LogP contribution in [-0.4, -0.2) is 32.3 Å². The molecule has 0 aliphatic rings. The van der Waals surface area contributed by atoms with E-state index < -0.39 is 34.5 Å². The van der Waals surface area contributed by atoms with Gasteiger partial charge in [0.1, 0.15) is 18.5 Å². The van der Waals surface area contributed by atoms with Gasteiger partial charge in [-0.05, 0) is 37.3 Å². The van der Waals surface area contributed by atoms with E-state index in [2.05, 4.69) is 0 Å². The molecule has 0 amide bonds. The minimum Gasteiger partial charge on any atom is -0.457 e. The van der Waals surface area contributed by atoms with Crippen LogP contribution in [0.3, 0.4) is 0 Å². The summed E-state index contributed by atoms with van der Waals surface area (Å²) in [6.45, 7) is 1.17. The average Bonchev–Trinajstić information content (AvgIpc) is 2.55. The van der Waals surface area contributed by atoms with Crippen molar-refractivity contribution in [2.75, 3.05) is 13.6 Å². The zero-order valence-electron chi connectivity index (χ0n) is 13.6. The fraction of sp³-hybridized carbons (Fsp3) is 0.235. The average molecular weight is 386 g/mol. The summed E-state index contributed by atoms with van der Waals surface area (Å²) in [5.74, 6) is -1.27. The van der Waals surface area contributed by atoms with Gasteiger partial charge in [0.15, 0.2) is 0 Å². The largest absolute Gasteiger partial charge is 0.457 e. The van der Waals surface area contributed by atoms with E-state index in [9.17, 15) is 17.6 Å². The Balaban J connectivity index is 2.04. The van der Waals surface area contributed by atoms with Crippen LogP contribution in [-0.2, 0) is 19.6 Å². The van der Waals surface area contributed by atoms with Gasteiger partial charge in [-0.2, -0.15) is 4.31 Å². The summed E-state index contributed by atoms with van der Waals surface area (Å²) in [6.07, 6.45) is -0.622. The fourth-order valence-electron chi connectivity index (χ4n) is 2.16. The van der Waals surface area contributed by atoms with E-state index in [0.717, 1.165) is 28.6 Å². The molecule has 0 N–H and O–H groups in total. The highest BCUT2D eigenvalue weighted by Gasteiger charge is 2.24. The zero-order valence-corrected chi connectivity index (χ0v) is 15.2. The number of rotatable bonds is 6. The lowest BCUT2D eigenvalue weighted by Crippen LogP contribution is -2.33. The second-order valence-corrected chi connectivity index (χ2v) is 7.82. The SMILES string of the molecule is C[C@H](OC(=O)CN(C)S(=O)(=O)c1ccc(F)cc1)c1ccccc1Cl. The molecule has 0 spiro atoms. The first-order valence-corrected chi connectivity index (χ1v) is 9.19. The number of likely N-dealkylation sites (N-methyl/N-ethyl adjacent to an activating group) is 1. The number of sulfonamides is 1. The maximum atomic E-state index is 12.9. The second-order valence-electron chi connectivity index (χ2n) is 5.37. The Kier molecular flexibility index (Phi) is 6.16. The molecule has 2 rings (SSSR count). The third-order valence-corrected chi connectivity index (χ3v) is 5.69. The maximum absolute atomic E-state index is 12.9. The predicted molar refractivity (Wildman–Crippen MR) is 92.2 cm³/mol. The smallest absolute Gasteiger partial charge is 0.321 e. The normalized spacial score (nSPS) is 12.8. The first kappa shape index (κ1) is 19.4. The van der Waals surface area contributed by atoms with Crippen LogP contribution in [0.5, 0.6) is 0 Å². The molecule has 2 aromatic carbocycles. The Morgan fingerprint density at radius 1 is 1.20 bits per heavy atom. The van der Waals surface area contributed by atoms with Crippen molar-refractivity contribution in [2.45, 2.75) is 17.9 Å². The minimum atomic E-state index is -3.92. The van der Waals surface area contributed by atoms with Gasteiger partial charge in [0.25, 0.3) is 0 Å². The molecular weight excluding hydrogens is 369 g/mol. The van der Waals surface area contributed by atoms with Gasteiger partial charge in [-0.25, -0.2) is 12.8 Å². The molecular formula is C17H17ClFNO4S. The summed E-state index contributed by atoms with van der Waals surface area (Å²) < 4.78 is 43.8. The van der Waals surface area contributed by atoms with Gasteiger partial charge in [0.2, 0.25) is 10.0 Å². The van der Waals surface area contributed by atoms with E-state index in [0.29, 0.717) is 10.6 Å². The summed E-state index contributed by atoms with van der Waals surface area (Å²) in [5, 5.41) is 0.454. The Bertz CT molecular complexity index is 855. The van der Waals surface area contributed by atoms with Crippen molar-refractivity contribution in [2.24, 2.45) is 0 Å². The van der Waals surface area contributed by atoms with E-state index in [1.54, 1.807) is 31.2 Å². The molecule has 1 atom stereocenters. The lowest BCUT2D eigenvalue weighted by atomic mass is 10.1. The van der Waals surface area contributed by atoms with Gasteiger partial charge in [0, 0.05) is 17.6 Å². The van der Waals surface area contributed by atoms with Gasteiger partial charge < -0.3 is 4.74 Å². The number of esters is 1. The van der Waals surface area contributed by atoms with Crippen molar-refractivity contribution >= 4 is 27.6 Å². The molecule has 2 aromatic rings. The molecule has 5 nitrogen and oxygen atoms in total. The van der Waals surface area contributed by atoms with Crippen LogP contribution in [0, 0.1) is 5.82 Å². The molecule has 25 heavy (non-hydrogen) atoms. The molecule has 0 fully saturated rings. The quantitative estimate of drug-likeness (QED) is 0.715. The predicted octanol–water partition coefficient (Wildman–Crippen LogP) is 3.40. The minimum absolute atomic E-state index is 0.108. The number of carbonyl (C=O) groups excluding carboxylic acids is 1. The number of halogens is 2. The molecule has 134 valence electrons. The number of nitrogens with zero attached hydrogens (tertiary/aromatic N) is 1. The maximum Gasteiger partial charge on any atom is 0.321 e. The summed E-state index contributed by atoms with van der Waals surface area (Å²) >= 11 is 6.05. The lowest BCUT2D eigenvalue weighted by molar-refractivity contribution is -0.148. The van der Waals surface area contributed by atoms with Crippen molar-refractivity contribution in [3.8, 4) is 0 Å². The first-order valence-electron chi connectivity index (χ1n) is 7.37. The Morgan fingerprint density at radius 2 is 1.80 bits per heavy atom. The Labute approximate surface area is 151 Å². The highest BCUT2D eigenvalue weighted by molar-refractivity contribution is 7.89. The van der Waals surface area contributed by atoms with E-state index in [1.807, 2.05) is 0 Å². The molecule has 0 heterocycles. The van der Waals surface area contributed by atoms with Crippen LogP contribution in [0.2, 0.25) is 5.02 Å². The van der Waals surface area contributed by atoms with E-state index in [4.69, 9.17) is 16.3 Å². The van der Waals surface area contributed by atoms with Gasteiger partial charge in [-0.3, -0.25) is 4.79 Å². The highest BCUT2D eigenvalue weighted by Crippen LogP contribution is 2.25. The third-order valence-electron chi connectivity index (χ3n) is 3.52. The van der Waals surface area contributed by atoms with Crippen molar-refractivity contribution in [1.29, 1.82) is 0 Å². The second kappa shape index (κ2) is 7.95. The number of hydrogen-bond acceptors (Lipinski definition) is 4. The van der Waals surface area contributed by atoms with E-state index in [1.165, 1.54) is 7.05 Å².